The molecule has 1 aromatic carbocycles. The number of nitrogens with zero attached hydrogens (tertiary/aromatic N) is 1. The zero-order chi connectivity index (χ0) is 20.6. The third kappa shape index (κ3) is 4.76. The van der Waals surface area contributed by atoms with Gasteiger partial charge in [0.1, 0.15) is 23.8 Å². The van der Waals surface area contributed by atoms with Gasteiger partial charge in [-0.2, -0.15) is 0 Å². The molecular formula is C19H27N3O5S. The first-order valence-corrected chi connectivity index (χ1v) is 10.9. The van der Waals surface area contributed by atoms with Crippen LogP contribution >= 0.6 is 0 Å². The lowest BCUT2D eigenvalue weighted by atomic mass is 9.99. The van der Waals surface area contributed by atoms with E-state index in [-0.39, 0.29) is 18.2 Å². The van der Waals surface area contributed by atoms with Crippen LogP contribution < -0.4 is 15.8 Å². The van der Waals surface area contributed by atoms with Gasteiger partial charge < -0.3 is 20.5 Å². The Morgan fingerprint density at radius 2 is 1.96 bits per heavy atom. The molecule has 0 saturated heterocycles. The number of alkyl carbamates (subject to hydrolysis) is 1. The van der Waals surface area contributed by atoms with Gasteiger partial charge in [-0.05, 0) is 45.2 Å². The number of carbonyl (C=O) groups is 1. The van der Waals surface area contributed by atoms with Crippen LogP contribution in [0.5, 0.6) is 5.75 Å². The van der Waals surface area contributed by atoms with Crippen molar-refractivity contribution in [1.29, 1.82) is 0 Å². The number of amides is 1. The van der Waals surface area contributed by atoms with Crippen LogP contribution in [0.3, 0.4) is 0 Å². The molecule has 1 aromatic rings. The van der Waals surface area contributed by atoms with Crippen molar-refractivity contribution in [3.05, 3.63) is 29.3 Å². The van der Waals surface area contributed by atoms with E-state index in [0.717, 1.165) is 25.7 Å². The van der Waals surface area contributed by atoms with Crippen LogP contribution in [0, 0.1) is 0 Å². The first-order valence-electron chi connectivity index (χ1n) is 9.33. The predicted molar refractivity (Wildman–Crippen MR) is 106 cm³/mol. The zero-order valence-electron chi connectivity index (χ0n) is 16.4. The smallest absolute Gasteiger partial charge is 0.408 e. The molecule has 1 amide bonds. The molecule has 1 aliphatic heterocycles. The second-order valence-electron chi connectivity index (χ2n) is 8.40. The molecule has 0 unspecified atom stereocenters. The summed E-state index contributed by atoms with van der Waals surface area (Å²) in [5.74, 6) is 0.185. The molecule has 3 rings (SSSR count). The monoisotopic (exact) mass is 409 g/mol. The van der Waals surface area contributed by atoms with Crippen LogP contribution in [0.4, 0.5) is 4.79 Å². The predicted octanol–water partition coefficient (Wildman–Crippen LogP) is 2.45. The summed E-state index contributed by atoms with van der Waals surface area (Å²) in [5, 5.41) is 2.98. The van der Waals surface area contributed by atoms with Crippen molar-refractivity contribution in [2.45, 2.75) is 63.3 Å². The molecular weight excluding hydrogens is 382 g/mol. The summed E-state index contributed by atoms with van der Waals surface area (Å²) >= 11 is 0. The summed E-state index contributed by atoms with van der Waals surface area (Å²) < 4.78 is 38.7. The van der Waals surface area contributed by atoms with Crippen LogP contribution in [0.15, 0.2) is 22.6 Å². The highest BCUT2D eigenvalue weighted by Gasteiger charge is 2.38. The SMILES string of the molecule is CC(C)(C)OC(=O)NC1(COc2cccc3c2C(N)=NS(=O)(=O)C3)CCCC1. The summed E-state index contributed by atoms with van der Waals surface area (Å²) in [4.78, 5) is 12.3. The van der Waals surface area contributed by atoms with Gasteiger partial charge in [0.05, 0.1) is 16.9 Å². The first kappa shape index (κ1) is 20.4. The van der Waals surface area contributed by atoms with Gasteiger partial charge in [-0.1, -0.05) is 25.0 Å². The minimum atomic E-state index is -3.60. The number of carbonyl (C=O) groups excluding carboxylic acids is 1. The number of benzene rings is 1. The largest absolute Gasteiger partial charge is 0.490 e. The minimum absolute atomic E-state index is 0.0718. The average molecular weight is 410 g/mol. The number of ether oxygens (including phenoxy) is 2. The number of hydrogen-bond acceptors (Lipinski definition) is 6. The van der Waals surface area contributed by atoms with Gasteiger partial charge in [0, 0.05) is 0 Å². The van der Waals surface area contributed by atoms with E-state index in [2.05, 4.69) is 9.71 Å². The summed E-state index contributed by atoms with van der Waals surface area (Å²) in [5.41, 5.74) is 5.84. The van der Waals surface area contributed by atoms with Crippen LogP contribution in [-0.2, 0) is 20.5 Å². The normalized spacial score (nSPS) is 20.0. The zero-order valence-corrected chi connectivity index (χ0v) is 17.3. The Balaban J connectivity index is 1.78. The van der Waals surface area contributed by atoms with Gasteiger partial charge in [-0.3, -0.25) is 0 Å². The van der Waals surface area contributed by atoms with E-state index in [4.69, 9.17) is 15.2 Å². The van der Waals surface area contributed by atoms with Crippen molar-refractivity contribution in [3.8, 4) is 5.75 Å². The highest BCUT2D eigenvalue weighted by atomic mass is 32.2. The Labute approximate surface area is 165 Å². The van der Waals surface area contributed by atoms with E-state index >= 15 is 0 Å². The van der Waals surface area contributed by atoms with Crippen LogP contribution in [0.25, 0.3) is 0 Å². The molecule has 0 bridgehead atoms. The molecule has 1 fully saturated rings. The Morgan fingerprint density at radius 1 is 1.29 bits per heavy atom. The molecule has 2 aliphatic rings. The quantitative estimate of drug-likeness (QED) is 0.788. The highest BCUT2D eigenvalue weighted by molar-refractivity contribution is 7.89. The van der Waals surface area contributed by atoms with E-state index in [1.807, 2.05) is 20.8 Å². The number of hydrogen-bond donors (Lipinski definition) is 2. The average Bonchev–Trinajstić information content (AvgIpc) is 2.98. The van der Waals surface area contributed by atoms with Gasteiger partial charge in [0.2, 0.25) is 0 Å². The fourth-order valence-electron chi connectivity index (χ4n) is 3.63. The lowest BCUT2D eigenvalue weighted by Crippen LogP contribution is -2.52. The molecule has 0 aromatic heterocycles. The molecule has 1 aliphatic carbocycles. The van der Waals surface area contributed by atoms with Crippen molar-refractivity contribution < 1.29 is 22.7 Å². The molecule has 1 heterocycles. The van der Waals surface area contributed by atoms with E-state index in [1.54, 1.807) is 18.2 Å². The van der Waals surface area contributed by atoms with Crippen molar-refractivity contribution in [2.24, 2.45) is 10.1 Å². The Hall–Kier alpha value is -2.29. The number of nitrogens with two attached hydrogens (primary N) is 1. The van der Waals surface area contributed by atoms with E-state index in [9.17, 15) is 13.2 Å². The highest BCUT2D eigenvalue weighted by Crippen LogP contribution is 2.33. The van der Waals surface area contributed by atoms with E-state index in [1.165, 1.54) is 0 Å². The van der Waals surface area contributed by atoms with Gasteiger partial charge in [0.25, 0.3) is 10.0 Å². The summed E-state index contributed by atoms with van der Waals surface area (Å²) in [6, 6.07) is 5.16. The Morgan fingerprint density at radius 3 is 2.61 bits per heavy atom. The molecule has 9 heteroatoms. The molecule has 0 spiro atoms. The molecule has 0 atom stereocenters. The number of amidine groups is 1. The third-order valence-electron chi connectivity index (χ3n) is 4.77. The Bertz CT molecular complexity index is 897. The molecule has 0 radical (unpaired) electrons. The summed E-state index contributed by atoms with van der Waals surface area (Å²) in [6.45, 7) is 5.69. The molecule has 154 valence electrons. The van der Waals surface area contributed by atoms with Crippen molar-refractivity contribution in [1.82, 2.24) is 5.32 Å². The van der Waals surface area contributed by atoms with Crippen molar-refractivity contribution in [3.63, 3.8) is 0 Å². The second-order valence-corrected chi connectivity index (χ2v) is 10.0. The standard InChI is InChI=1S/C19H27N3O5S/c1-18(2,3)27-17(23)21-19(9-4-5-10-19)12-26-14-8-6-7-13-11-28(24,25)22-16(20)15(13)14/h6-8H,4-5,9-12H2,1-3H3,(H2,20,22)(H,21,23). The molecule has 28 heavy (non-hydrogen) atoms. The van der Waals surface area contributed by atoms with Crippen LogP contribution in [0.1, 0.15) is 57.6 Å². The molecule has 1 saturated carbocycles. The minimum Gasteiger partial charge on any atom is -0.490 e. The fourth-order valence-corrected chi connectivity index (χ4v) is 4.71. The summed E-state index contributed by atoms with van der Waals surface area (Å²) in [6.07, 6.45) is 3.04. The van der Waals surface area contributed by atoms with Gasteiger partial charge in [-0.15, -0.1) is 4.40 Å². The second kappa shape index (κ2) is 7.27. The lowest BCUT2D eigenvalue weighted by Gasteiger charge is -2.32. The van der Waals surface area contributed by atoms with E-state index < -0.39 is 27.3 Å². The number of rotatable bonds is 4. The Kier molecular flexibility index (Phi) is 5.31. The topological polar surface area (TPSA) is 120 Å². The van der Waals surface area contributed by atoms with Gasteiger partial charge in [0.15, 0.2) is 0 Å². The van der Waals surface area contributed by atoms with Crippen LogP contribution in [-0.4, -0.2) is 38.1 Å². The fraction of sp³-hybridized carbons (Fsp3) is 0.579. The number of sulfonamides is 1. The van der Waals surface area contributed by atoms with Crippen molar-refractivity contribution in [2.75, 3.05) is 6.61 Å². The van der Waals surface area contributed by atoms with Gasteiger partial charge in [-0.25, -0.2) is 13.2 Å². The maximum absolute atomic E-state index is 12.3. The number of nitrogens with one attached hydrogen (secondary N) is 1. The maximum Gasteiger partial charge on any atom is 0.408 e. The van der Waals surface area contributed by atoms with E-state index in [0.29, 0.717) is 16.9 Å². The van der Waals surface area contributed by atoms with Gasteiger partial charge >= 0.3 is 6.09 Å². The summed E-state index contributed by atoms with van der Waals surface area (Å²) in [7, 11) is -3.60. The maximum atomic E-state index is 12.3. The lowest BCUT2D eigenvalue weighted by molar-refractivity contribution is 0.0416. The van der Waals surface area contributed by atoms with Crippen LogP contribution in [0.2, 0.25) is 0 Å². The van der Waals surface area contributed by atoms with Crippen molar-refractivity contribution >= 4 is 22.0 Å². The first-order chi connectivity index (χ1) is 13.0. The molecule has 8 nitrogen and oxygen atoms in total. The number of fused-ring (bicyclic) bond motifs is 1. The third-order valence-corrected chi connectivity index (χ3v) is 5.93. The molecule has 3 N–H and O–H groups in total.